The Kier molecular flexibility index (Phi) is 6.82. The summed E-state index contributed by atoms with van der Waals surface area (Å²) < 4.78 is 12.6. The zero-order chi connectivity index (χ0) is 20.8. The Bertz CT molecular complexity index is 970. The molecule has 6 nitrogen and oxygen atoms in total. The van der Waals surface area contributed by atoms with Gasteiger partial charge in [-0.1, -0.05) is 12.1 Å². The van der Waals surface area contributed by atoms with Crippen LogP contribution in [-0.2, 0) is 11.3 Å². The van der Waals surface area contributed by atoms with Gasteiger partial charge in [-0.2, -0.15) is 0 Å². The number of hydrogen-bond donors (Lipinski definition) is 1. The summed E-state index contributed by atoms with van der Waals surface area (Å²) in [5.74, 6) is 2.24. The van der Waals surface area contributed by atoms with Crippen molar-refractivity contribution in [1.29, 1.82) is 0 Å². The lowest BCUT2D eigenvalue weighted by atomic mass is 10.2. The summed E-state index contributed by atoms with van der Waals surface area (Å²) >= 11 is 1.48. The lowest BCUT2D eigenvalue weighted by molar-refractivity contribution is -0.120. The molecule has 0 aliphatic heterocycles. The molecule has 0 saturated heterocycles. The zero-order valence-electron chi connectivity index (χ0n) is 17.0. The van der Waals surface area contributed by atoms with Crippen LogP contribution in [0.5, 0.6) is 11.5 Å². The molecule has 0 spiro atoms. The highest BCUT2D eigenvalue weighted by Gasteiger charge is 2.15. The van der Waals surface area contributed by atoms with Gasteiger partial charge in [0.25, 0.3) is 0 Å². The van der Waals surface area contributed by atoms with Crippen LogP contribution < -0.4 is 14.8 Å². The molecule has 2 aromatic carbocycles. The first-order valence-corrected chi connectivity index (χ1v) is 10.2. The molecule has 7 heteroatoms. The molecule has 1 atom stereocenters. The van der Waals surface area contributed by atoms with E-state index >= 15 is 0 Å². The summed E-state index contributed by atoms with van der Waals surface area (Å²) in [5, 5.41) is 2.77. The number of ether oxygens (including phenoxy) is 2. The Hall–Kier alpha value is -2.93. The second-order valence-electron chi connectivity index (χ2n) is 6.51. The first-order valence-electron chi connectivity index (χ1n) is 9.27. The molecule has 0 aliphatic rings. The maximum atomic E-state index is 12.5. The van der Waals surface area contributed by atoms with Crippen LogP contribution in [0.1, 0.15) is 18.3 Å². The van der Waals surface area contributed by atoms with Crippen LogP contribution in [-0.4, -0.2) is 34.9 Å². The van der Waals surface area contributed by atoms with E-state index in [1.807, 2.05) is 67.1 Å². The fourth-order valence-electron chi connectivity index (χ4n) is 2.91. The van der Waals surface area contributed by atoms with Crippen LogP contribution in [0.3, 0.4) is 0 Å². The van der Waals surface area contributed by atoms with Crippen molar-refractivity contribution in [1.82, 2.24) is 14.9 Å². The van der Waals surface area contributed by atoms with Crippen molar-refractivity contribution >= 4 is 17.7 Å². The Morgan fingerprint density at radius 3 is 2.48 bits per heavy atom. The lowest BCUT2D eigenvalue weighted by Gasteiger charge is -2.14. The minimum atomic E-state index is -0.235. The molecule has 0 bridgehead atoms. The van der Waals surface area contributed by atoms with Gasteiger partial charge in [-0.25, -0.2) is 4.98 Å². The SMILES string of the molecule is COc1ccc(S[C@H](C)C(=O)NCc2ccc(-n3ccnc3C)cc2)cc1OC. The number of carbonyl (C=O) groups excluding carboxylic acids is 1. The number of amides is 1. The minimum Gasteiger partial charge on any atom is -0.493 e. The van der Waals surface area contributed by atoms with Crippen LogP contribution >= 0.6 is 11.8 Å². The van der Waals surface area contributed by atoms with Crippen molar-refractivity contribution in [3.8, 4) is 17.2 Å². The molecule has 3 aromatic rings. The number of hydrogen-bond acceptors (Lipinski definition) is 5. The molecule has 152 valence electrons. The van der Waals surface area contributed by atoms with E-state index in [9.17, 15) is 4.79 Å². The molecule has 1 amide bonds. The number of carbonyl (C=O) groups is 1. The van der Waals surface area contributed by atoms with Gasteiger partial charge in [-0.05, 0) is 49.7 Å². The van der Waals surface area contributed by atoms with Crippen LogP contribution in [0.2, 0.25) is 0 Å². The summed E-state index contributed by atoms with van der Waals surface area (Å²) in [4.78, 5) is 17.7. The molecule has 1 aromatic heterocycles. The highest BCUT2D eigenvalue weighted by atomic mass is 32.2. The summed E-state index contributed by atoms with van der Waals surface area (Å²) in [7, 11) is 3.20. The Morgan fingerprint density at radius 1 is 1.14 bits per heavy atom. The summed E-state index contributed by atoms with van der Waals surface area (Å²) in [6, 6.07) is 13.7. The maximum Gasteiger partial charge on any atom is 0.233 e. The van der Waals surface area contributed by atoms with E-state index in [-0.39, 0.29) is 11.2 Å². The summed E-state index contributed by atoms with van der Waals surface area (Å²) in [5.41, 5.74) is 2.09. The molecule has 0 saturated carbocycles. The second-order valence-corrected chi connectivity index (χ2v) is 7.92. The van der Waals surface area contributed by atoms with Crippen molar-refractivity contribution in [3.05, 3.63) is 66.2 Å². The third-order valence-corrected chi connectivity index (χ3v) is 5.64. The number of aryl methyl sites for hydroxylation is 1. The highest BCUT2D eigenvalue weighted by Crippen LogP contribution is 2.33. The largest absolute Gasteiger partial charge is 0.493 e. The minimum absolute atomic E-state index is 0.0145. The number of imidazole rings is 1. The molecular formula is C22H25N3O3S. The highest BCUT2D eigenvalue weighted by molar-refractivity contribution is 8.00. The zero-order valence-corrected chi connectivity index (χ0v) is 17.8. The average Bonchev–Trinajstić information content (AvgIpc) is 3.18. The van der Waals surface area contributed by atoms with E-state index in [1.54, 1.807) is 20.4 Å². The number of methoxy groups -OCH3 is 2. The van der Waals surface area contributed by atoms with Crippen LogP contribution in [0.4, 0.5) is 0 Å². The van der Waals surface area contributed by atoms with E-state index in [0.29, 0.717) is 18.0 Å². The maximum absolute atomic E-state index is 12.5. The van der Waals surface area contributed by atoms with Crippen LogP contribution in [0, 0.1) is 6.92 Å². The van der Waals surface area contributed by atoms with Gasteiger partial charge in [0.15, 0.2) is 11.5 Å². The first kappa shape index (κ1) is 20.8. The number of thioether (sulfide) groups is 1. The predicted octanol–water partition coefficient (Wildman–Crippen LogP) is 3.99. The van der Waals surface area contributed by atoms with Crippen molar-refractivity contribution in [2.75, 3.05) is 14.2 Å². The van der Waals surface area contributed by atoms with Gasteiger partial charge in [0.2, 0.25) is 5.91 Å². The average molecular weight is 412 g/mol. The van der Waals surface area contributed by atoms with Gasteiger partial charge >= 0.3 is 0 Å². The van der Waals surface area contributed by atoms with Crippen LogP contribution in [0.15, 0.2) is 59.8 Å². The molecular weight excluding hydrogens is 386 g/mol. The fourth-order valence-corrected chi connectivity index (χ4v) is 3.83. The van der Waals surface area contributed by atoms with E-state index < -0.39 is 0 Å². The van der Waals surface area contributed by atoms with Crippen molar-refractivity contribution in [3.63, 3.8) is 0 Å². The molecule has 0 aliphatic carbocycles. The molecule has 0 radical (unpaired) electrons. The fraction of sp³-hybridized carbons (Fsp3) is 0.273. The van der Waals surface area contributed by atoms with Gasteiger partial charge < -0.3 is 19.4 Å². The van der Waals surface area contributed by atoms with Crippen molar-refractivity contribution in [2.24, 2.45) is 0 Å². The standard InChI is InChI=1S/C22H25N3O3S/c1-15(29-19-9-10-20(27-3)21(13-19)28-4)22(26)24-14-17-5-7-18(8-6-17)25-12-11-23-16(25)2/h5-13,15H,14H2,1-4H3,(H,24,26)/t15-/m1/s1. The van der Waals surface area contributed by atoms with Gasteiger partial charge in [-0.3, -0.25) is 4.79 Å². The summed E-state index contributed by atoms with van der Waals surface area (Å²) in [6.45, 7) is 4.34. The number of rotatable bonds is 8. The molecule has 0 unspecified atom stereocenters. The van der Waals surface area contributed by atoms with E-state index in [0.717, 1.165) is 22.0 Å². The van der Waals surface area contributed by atoms with E-state index in [4.69, 9.17) is 9.47 Å². The van der Waals surface area contributed by atoms with Gasteiger partial charge in [0.1, 0.15) is 5.82 Å². The Balaban J connectivity index is 1.55. The Morgan fingerprint density at radius 2 is 1.86 bits per heavy atom. The van der Waals surface area contributed by atoms with E-state index in [2.05, 4.69) is 10.3 Å². The lowest BCUT2D eigenvalue weighted by Crippen LogP contribution is -2.30. The topological polar surface area (TPSA) is 65.4 Å². The van der Waals surface area contributed by atoms with Gasteiger partial charge in [-0.15, -0.1) is 11.8 Å². The van der Waals surface area contributed by atoms with Gasteiger partial charge in [0, 0.05) is 29.5 Å². The van der Waals surface area contributed by atoms with Gasteiger partial charge in [0.05, 0.1) is 19.5 Å². The van der Waals surface area contributed by atoms with E-state index in [1.165, 1.54) is 11.8 Å². The number of aromatic nitrogens is 2. The van der Waals surface area contributed by atoms with Crippen molar-refractivity contribution in [2.45, 2.75) is 30.5 Å². The third kappa shape index (κ3) is 5.12. The second kappa shape index (κ2) is 9.52. The normalized spacial score (nSPS) is 11.7. The monoisotopic (exact) mass is 411 g/mol. The predicted molar refractivity (Wildman–Crippen MR) is 115 cm³/mol. The molecule has 3 rings (SSSR count). The smallest absolute Gasteiger partial charge is 0.233 e. The molecule has 0 fully saturated rings. The number of benzene rings is 2. The number of nitrogens with one attached hydrogen (secondary N) is 1. The van der Waals surface area contributed by atoms with Crippen molar-refractivity contribution < 1.29 is 14.3 Å². The summed E-state index contributed by atoms with van der Waals surface area (Å²) in [6.07, 6.45) is 3.71. The molecule has 1 heterocycles. The molecule has 1 N–H and O–H groups in total. The Labute approximate surface area is 175 Å². The first-order chi connectivity index (χ1) is 14.0. The quantitative estimate of drug-likeness (QED) is 0.568. The number of nitrogens with zero attached hydrogens (tertiary/aromatic N) is 2. The molecule has 29 heavy (non-hydrogen) atoms. The van der Waals surface area contributed by atoms with Crippen LogP contribution in [0.25, 0.3) is 5.69 Å². The third-order valence-electron chi connectivity index (χ3n) is 4.54.